The first-order valence-corrected chi connectivity index (χ1v) is 9.20. The van der Waals surface area contributed by atoms with Crippen molar-refractivity contribution in [2.45, 2.75) is 6.92 Å². The maximum Gasteiger partial charge on any atom is 0.340 e. The van der Waals surface area contributed by atoms with E-state index >= 15 is 0 Å². The fourth-order valence-corrected chi connectivity index (χ4v) is 2.80. The summed E-state index contributed by atoms with van der Waals surface area (Å²) < 4.78 is 10.3. The Bertz CT molecular complexity index is 1000. The summed E-state index contributed by atoms with van der Waals surface area (Å²) >= 11 is 0. The molecule has 0 fully saturated rings. The van der Waals surface area contributed by atoms with Gasteiger partial charge in [-0.1, -0.05) is 24.3 Å². The van der Waals surface area contributed by atoms with Gasteiger partial charge in [0.2, 0.25) is 0 Å². The number of amides is 1. The van der Waals surface area contributed by atoms with Gasteiger partial charge in [-0.3, -0.25) is 4.79 Å². The van der Waals surface area contributed by atoms with Crippen LogP contribution < -0.4 is 15.4 Å². The molecular formula is C23H22N2O4. The molecule has 0 heterocycles. The second kappa shape index (κ2) is 9.41. The van der Waals surface area contributed by atoms with E-state index in [4.69, 9.17) is 9.47 Å². The van der Waals surface area contributed by atoms with Crippen LogP contribution in [0.25, 0.3) is 0 Å². The first-order chi connectivity index (χ1) is 14.1. The Morgan fingerprint density at radius 3 is 2.14 bits per heavy atom. The molecule has 0 aliphatic rings. The molecule has 0 unspecified atom stereocenters. The number of methoxy groups -OCH3 is 1. The normalized spacial score (nSPS) is 10.1. The fourth-order valence-electron chi connectivity index (χ4n) is 2.80. The molecule has 0 bridgehead atoms. The van der Waals surface area contributed by atoms with Crippen molar-refractivity contribution in [2.75, 3.05) is 24.4 Å². The minimum atomic E-state index is -0.378. The molecule has 6 heteroatoms. The molecule has 2 N–H and O–H groups in total. The number of hydrogen-bond acceptors (Lipinski definition) is 5. The van der Waals surface area contributed by atoms with Gasteiger partial charge in [0.25, 0.3) is 5.91 Å². The number of rotatable bonds is 7. The standard InChI is InChI=1S/C23H22N2O4/c1-3-29-23(27)18-8-4-6-10-20(18)24-16-12-14-17(15-13-16)25-22(26)19-9-5-7-11-21(19)28-2/h4-15,24H,3H2,1-2H3,(H,25,26). The highest BCUT2D eigenvalue weighted by Gasteiger charge is 2.13. The lowest BCUT2D eigenvalue weighted by Gasteiger charge is -2.12. The van der Waals surface area contributed by atoms with Gasteiger partial charge in [-0.2, -0.15) is 0 Å². The molecule has 148 valence electrons. The van der Waals surface area contributed by atoms with E-state index in [9.17, 15) is 9.59 Å². The molecule has 3 aromatic rings. The minimum absolute atomic E-state index is 0.254. The van der Waals surface area contributed by atoms with Gasteiger partial charge >= 0.3 is 5.97 Å². The maximum absolute atomic E-state index is 12.5. The molecule has 1 amide bonds. The highest BCUT2D eigenvalue weighted by Crippen LogP contribution is 2.24. The van der Waals surface area contributed by atoms with Gasteiger partial charge in [0, 0.05) is 11.4 Å². The third-order valence-corrected chi connectivity index (χ3v) is 4.20. The highest BCUT2D eigenvalue weighted by molar-refractivity contribution is 6.06. The van der Waals surface area contributed by atoms with Crippen LogP contribution in [0.4, 0.5) is 17.1 Å². The van der Waals surface area contributed by atoms with Crippen LogP contribution in [0.15, 0.2) is 72.8 Å². The third-order valence-electron chi connectivity index (χ3n) is 4.20. The average Bonchev–Trinajstić information content (AvgIpc) is 2.75. The van der Waals surface area contributed by atoms with E-state index in [1.54, 1.807) is 49.4 Å². The summed E-state index contributed by atoms with van der Waals surface area (Å²) in [4.78, 5) is 24.6. The summed E-state index contributed by atoms with van der Waals surface area (Å²) in [6.07, 6.45) is 0. The Morgan fingerprint density at radius 2 is 1.45 bits per heavy atom. The van der Waals surface area contributed by atoms with Crippen molar-refractivity contribution in [3.63, 3.8) is 0 Å². The second-order valence-corrected chi connectivity index (χ2v) is 6.12. The van der Waals surface area contributed by atoms with Crippen LogP contribution in [0.2, 0.25) is 0 Å². The molecule has 0 aliphatic carbocycles. The molecule has 0 aromatic heterocycles. The molecule has 29 heavy (non-hydrogen) atoms. The van der Waals surface area contributed by atoms with E-state index < -0.39 is 0 Å². The van der Waals surface area contributed by atoms with Crippen molar-refractivity contribution in [2.24, 2.45) is 0 Å². The third kappa shape index (κ3) is 4.93. The minimum Gasteiger partial charge on any atom is -0.496 e. The van der Waals surface area contributed by atoms with E-state index in [0.29, 0.717) is 34.9 Å². The zero-order chi connectivity index (χ0) is 20.6. The molecule has 3 aromatic carbocycles. The van der Waals surface area contributed by atoms with Crippen LogP contribution in [0.3, 0.4) is 0 Å². The van der Waals surface area contributed by atoms with Crippen LogP contribution in [-0.2, 0) is 4.74 Å². The Hall–Kier alpha value is -3.80. The lowest BCUT2D eigenvalue weighted by Crippen LogP contribution is -2.13. The van der Waals surface area contributed by atoms with E-state index in [1.165, 1.54) is 7.11 Å². The summed E-state index contributed by atoms with van der Waals surface area (Å²) in [5.74, 6) is -0.119. The lowest BCUT2D eigenvalue weighted by atomic mass is 10.1. The smallest absolute Gasteiger partial charge is 0.340 e. The Morgan fingerprint density at radius 1 is 0.828 bits per heavy atom. The van der Waals surface area contributed by atoms with Crippen LogP contribution >= 0.6 is 0 Å². The van der Waals surface area contributed by atoms with Crippen molar-refractivity contribution in [1.82, 2.24) is 0 Å². The molecule has 0 saturated heterocycles. The van der Waals surface area contributed by atoms with Gasteiger partial charge < -0.3 is 20.1 Å². The Balaban J connectivity index is 1.71. The number of hydrogen-bond donors (Lipinski definition) is 2. The number of carbonyl (C=O) groups excluding carboxylic acids is 2. The quantitative estimate of drug-likeness (QED) is 0.563. The number of carbonyl (C=O) groups is 2. The average molecular weight is 390 g/mol. The van der Waals surface area contributed by atoms with Crippen molar-refractivity contribution >= 4 is 28.9 Å². The molecule has 6 nitrogen and oxygen atoms in total. The second-order valence-electron chi connectivity index (χ2n) is 6.12. The van der Waals surface area contributed by atoms with Crippen molar-refractivity contribution in [1.29, 1.82) is 0 Å². The van der Waals surface area contributed by atoms with E-state index in [2.05, 4.69) is 10.6 Å². The summed E-state index contributed by atoms with van der Waals surface area (Å²) in [5, 5.41) is 6.06. The number of esters is 1. The van der Waals surface area contributed by atoms with Gasteiger partial charge in [0.05, 0.1) is 30.5 Å². The maximum atomic E-state index is 12.5. The van der Waals surface area contributed by atoms with E-state index in [0.717, 1.165) is 5.69 Å². The monoisotopic (exact) mass is 390 g/mol. The summed E-state index contributed by atoms with van der Waals surface area (Å²) in [7, 11) is 1.53. The van der Waals surface area contributed by atoms with Gasteiger partial charge in [-0.25, -0.2) is 4.79 Å². The zero-order valence-corrected chi connectivity index (χ0v) is 16.3. The first-order valence-electron chi connectivity index (χ1n) is 9.20. The van der Waals surface area contributed by atoms with Crippen molar-refractivity contribution < 1.29 is 19.1 Å². The topological polar surface area (TPSA) is 76.7 Å². The summed E-state index contributed by atoms with van der Waals surface area (Å²) in [5.41, 5.74) is 2.99. The molecule has 0 aliphatic heterocycles. The molecule has 0 atom stereocenters. The zero-order valence-electron chi connectivity index (χ0n) is 16.3. The molecule has 0 saturated carbocycles. The Labute approximate surface area is 169 Å². The van der Waals surface area contributed by atoms with Crippen LogP contribution in [0.5, 0.6) is 5.75 Å². The van der Waals surface area contributed by atoms with Crippen LogP contribution in [-0.4, -0.2) is 25.6 Å². The first kappa shape index (κ1) is 19.9. The predicted octanol–water partition coefficient (Wildman–Crippen LogP) is 4.87. The Kier molecular flexibility index (Phi) is 6.47. The molecule has 0 spiro atoms. The van der Waals surface area contributed by atoms with Gasteiger partial charge in [-0.05, 0) is 55.5 Å². The van der Waals surface area contributed by atoms with Crippen molar-refractivity contribution in [3.8, 4) is 5.75 Å². The SMILES string of the molecule is CCOC(=O)c1ccccc1Nc1ccc(NC(=O)c2ccccc2OC)cc1. The number of ether oxygens (including phenoxy) is 2. The lowest BCUT2D eigenvalue weighted by molar-refractivity contribution is 0.0527. The summed E-state index contributed by atoms with van der Waals surface area (Å²) in [6, 6.07) is 21.4. The van der Waals surface area contributed by atoms with Gasteiger partial charge in [-0.15, -0.1) is 0 Å². The number of para-hydroxylation sites is 2. The van der Waals surface area contributed by atoms with Gasteiger partial charge in [0.15, 0.2) is 0 Å². The van der Waals surface area contributed by atoms with Crippen LogP contribution in [0.1, 0.15) is 27.6 Å². The highest BCUT2D eigenvalue weighted by atomic mass is 16.5. The largest absolute Gasteiger partial charge is 0.496 e. The number of nitrogens with one attached hydrogen (secondary N) is 2. The molecule has 3 rings (SSSR count). The van der Waals surface area contributed by atoms with Crippen molar-refractivity contribution in [3.05, 3.63) is 83.9 Å². The summed E-state index contributed by atoms with van der Waals surface area (Å²) in [6.45, 7) is 2.08. The molecule has 0 radical (unpaired) electrons. The van der Waals surface area contributed by atoms with Crippen LogP contribution in [0, 0.1) is 0 Å². The molecular weight excluding hydrogens is 368 g/mol. The van der Waals surface area contributed by atoms with E-state index in [-0.39, 0.29) is 11.9 Å². The number of benzene rings is 3. The predicted molar refractivity (Wildman–Crippen MR) is 113 cm³/mol. The van der Waals surface area contributed by atoms with E-state index in [1.807, 2.05) is 30.3 Å². The van der Waals surface area contributed by atoms with Gasteiger partial charge in [0.1, 0.15) is 5.75 Å². The fraction of sp³-hybridized carbons (Fsp3) is 0.130. The number of anilines is 3.